The molecule has 0 bridgehead atoms. The first kappa shape index (κ1) is 18.3. The van der Waals surface area contributed by atoms with Gasteiger partial charge in [0.2, 0.25) is 0 Å². The number of ether oxygens (including phenoxy) is 1. The molecule has 0 radical (unpaired) electrons. The van der Waals surface area contributed by atoms with Crippen molar-refractivity contribution in [2.45, 2.75) is 13.1 Å². The Morgan fingerprint density at radius 1 is 1.04 bits per heavy atom. The van der Waals surface area contributed by atoms with E-state index in [2.05, 4.69) is 10.1 Å². The van der Waals surface area contributed by atoms with E-state index in [-0.39, 0.29) is 12.5 Å². The molecule has 7 heteroatoms. The van der Waals surface area contributed by atoms with Crippen molar-refractivity contribution in [3.8, 4) is 0 Å². The van der Waals surface area contributed by atoms with Gasteiger partial charge in [-0.15, -0.1) is 0 Å². The quantitative estimate of drug-likeness (QED) is 0.600. The van der Waals surface area contributed by atoms with Gasteiger partial charge in [0.05, 0.1) is 12.1 Å². The van der Waals surface area contributed by atoms with Crippen LogP contribution in [0.3, 0.4) is 0 Å². The second-order valence-corrected chi connectivity index (χ2v) is 6.10. The zero-order valence-electron chi connectivity index (χ0n) is 15.0. The van der Waals surface area contributed by atoms with Crippen LogP contribution in [-0.2, 0) is 22.6 Å². The highest BCUT2D eigenvalue weighted by atomic mass is 16.5. The summed E-state index contributed by atoms with van der Waals surface area (Å²) in [5.41, 5.74) is 2.40. The average Bonchev–Trinajstić information content (AvgIpc) is 3.20. The molecule has 3 aromatic rings. The SMILES string of the molecule is CN(Cc1ccccc1)C(=O)COC(=O)c1ccc(Cn2cncn2)cc1. The number of aromatic nitrogens is 3. The van der Waals surface area contributed by atoms with Gasteiger partial charge in [-0.3, -0.25) is 4.79 Å². The standard InChI is InChI=1S/C20H20N4O3/c1-23(11-16-5-3-2-4-6-16)19(25)13-27-20(26)18-9-7-17(8-10-18)12-24-15-21-14-22-24/h2-10,14-15H,11-13H2,1H3. The van der Waals surface area contributed by atoms with Crippen LogP contribution in [0.5, 0.6) is 0 Å². The Balaban J connectivity index is 1.49. The number of nitrogens with zero attached hydrogens (tertiary/aromatic N) is 4. The Kier molecular flexibility index (Phi) is 5.94. The molecule has 2 aromatic carbocycles. The van der Waals surface area contributed by atoms with Gasteiger partial charge in [0.25, 0.3) is 5.91 Å². The molecule has 0 spiro atoms. The Morgan fingerprint density at radius 3 is 2.44 bits per heavy atom. The van der Waals surface area contributed by atoms with Crippen LogP contribution in [0, 0.1) is 0 Å². The van der Waals surface area contributed by atoms with Crippen LogP contribution in [-0.4, -0.2) is 45.2 Å². The zero-order chi connectivity index (χ0) is 19.1. The highest BCUT2D eigenvalue weighted by molar-refractivity contribution is 5.91. The van der Waals surface area contributed by atoms with Crippen molar-refractivity contribution < 1.29 is 14.3 Å². The number of amides is 1. The van der Waals surface area contributed by atoms with Crippen LogP contribution in [0.25, 0.3) is 0 Å². The lowest BCUT2D eigenvalue weighted by Crippen LogP contribution is -2.30. The van der Waals surface area contributed by atoms with Crippen LogP contribution in [0.2, 0.25) is 0 Å². The summed E-state index contributed by atoms with van der Waals surface area (Å²) >= 11 is 0. The molecule has 0 saturated carbocycles. The van der Waals surface area contributed by atoms with Gasteiger partial charge < -0.3 is 9.64 Å². The van der Waals surface area contributed by atoms with E-state index >= 15 is 0 Å². The van der Waals surface area contributed by atoms with E-state index in [0.717, 1.165) is 11.1 Å². The number of likely N-dealkylation sites (N-methyl/N-ethyl adjacent to an activating group) is 1. The third-order valence-electron chi connectivity index (χ3n) is 4.02. The van der Waals surface area contributed by atoms with Gasteiger partial charge in [-0.05, 0) is 23.3 Å². The minimum atomic E-state index is -0.524. The fraction of sp³-hybridized carbons (Fsp3) is 0.200. The van der Waals surface area contributed by atoms with Crippen molar-refractivity contribution in [1.29, 1.82) is 0 Å². The first-order chi connectivity index (χ1) is 13.1. The maximum atomic E-state index is 12.1. The highest BCUT2D eigenvalue weighted by Crippen LogP contribution is 2.08. The molecule has 0 fully saturated rings. The third-order valence-corrected chi connectivity index (χ3v) is 4.02. The van der Waals surface area contributed by atoms with E-state index in [1.54, 1.807) is 30.2 Å². The molecule has 27 heavy (non-hydrogen) atoms. The molecule has 7 nitrogen and oxygen atoms in total. The predicted octanol–water partition coefficient (Wildman–Crippen LogP) is 2.14. The summed E-state index contributed by atoms with van der Waals surface area (Å²) in [4.78, 5) is 29.7. The van der Waals surface area contributed by atoms with E-state index in [0.29, 0.717) is 18.7 Å². The Bertz CT molecular complexity index is 877. The molecule has 0 atom stereocenters. The van der Waals surface area contributed by atoms with E-state index in [4.69, 9.17) is 4.74 Å². The smallest absolute Gasteiger partial charge is 0.338 e. The minimum Gasteiger partial charge on any atom is -0.452 e. The number of carbonyl (C=O) groups excluding carboxylic acids is 2. The summed E-state index contributed by atoms with van der Waals surface area (Å²) in [7, 11) is 1.68. The second-order valence-electron chi connectivity index (χ2n) is 6.10. The van der Waals surface area contributed by atoms with E-state index in [1.165, 1.54) is 11.2 Å². The summed E-state index contributed by atoms with van der Waals surface area (Å²) in [5.74, 6) is -0.779. The van der Waals surface area contributed by atoms with Crippen LogP contribution >= 0.6 is 0 Å². The van der Waals surface area contributed by atoms with Gasteiger partial charge >= 0.3 is 5.97 Å². The maximum Gasteiger partial charge on any atom is 0.338 e. The minimum absolute atomic E-state index is 0.255. The molecule has 0 aliphatic heterocycles. The van der Waals surface area contributed by atoms with Gasteiger partial charge in [-0.2, -0.15) is 5.10 Å². The number of hydrogen-bond donors (Lipinski definition) is 0. The lowest BCUT2D eigenvalue weighted by Gasteiger charge is -2.17. The van der Waals surface area contributed by atoms with Crippen molar-refractivity contribution in [3.63, 3.8) is 0 Å². The van der Waals surface area contributed by atoms with Crippen LogP contribution in [0.4, 0.5) is 0 Å². The summed E-state index contributed by atoms with van der Waals surface area (Å²) in [5, 5.41) is 4.04. The summed E-state index contributed by atoms with van der Waals surface area (Å²) in [6.45, 7) is 0.745. The first-order valence-corrected chi connectivity index (χ1v) is 8.48. The molecule has 0 saturated heterocycles. The molecular formula is C20H20N4O3. The van der Waals surface area contributed by atoms with Gasteiger partial charge in [-0.25, -0.2) is 14.5 Å². The number of hydrogen-bond acceptors (Lipinski definition) is 5. The van der Waals surface area contributed by atoms with Crippen molar-refractivity contribution in [2.75, 3.05) is 13.7 Å². The topological polar surface area (TPSA) is 77.3 Å². The normalized spacial score (nSPS) is 10.4. The molecule has 0 aliphatic rings. The number of benzene rings is 2. The van der Waals surface area contributed by atoms with E-state index < -0.39 is 5.97 Å². The molecule has 1 aromatic heterocycles. The monoisotopic (exact) mass is 364 g/mol. The van der Waals surface area contributed by atoms with Crippen molar-refractivity contribution in [3.05, 3.63) is 83.9 Å². The Hall–Kier alpha value is -3.48. The number of rotatable bonds is 7. The zero-order valence-corrected chi connectivity index (χ0v) is 15.0. The number of carbonyl (C=O) groups is 2. The largest absolute Gasteiger partial charge is 0.452 e. The number of esters is 1. The fourth-order valence-corrected chi connectivity index (χ4v) is 2.51. The summed E-state index contributed by atoms with van der Waals surface area (Å²) < 4.78 is 6.83. The highest BCUT2D eigenvalue weighted by Gasteiger charge is 2.14. The van der Waals surface area contributed by atoms with Crippen LogP contribution in [0.15, 0.2) is 67.3 Å². The van der Waals surface area contributed by atoms with Gasteiger partial charge in [0.15, 0.2) is 6.61 Å². The van der Waals surface area contributed by atoms with Crippen molar-refractivity contribution in [1.82, 2.24) is 19.7 Å². The van der Waals surface area contributed by atoms with Crippen LogP contribution in [0.1, 0.15) is 21.5 Å². The first-order valence-electron chi connectivity index (χ1n) is 8.48. The molecule has 3 rings (SSSR count). The third kappa shape index (κ3) is 5.24. The Morgan fingerprint density at radius 2 is 1.78 bits per heavy atom. The maximum absolute atomic E-state index is 12.1. The second kappa shape index (κ2) is 8.75. The molecule has 1 heterocycles. The summed E-state index contributed by atoms with van der Waals surface area (Å²) in [6.07, 6.45) is 3.09. The molecule has 0 N–H and O–H groups in total. The summed E-state index contributed by atoms with van der Waals surface area (Å²) in [6, 6.07) is 16.6. The predicted molar refractivity (Wildman–Crippen MR) is 98.8 cm³/mol. The lowest BCUT2D eigenvalue weighted by molar-refractivity contribution is -0.133. The van der Waals surface area contributed by atoms with Gasteiger partial charge in [0.1, 0.15) is 12.7 Å². The molecule has 0 unspecified atom stereocenters. The lowest BCUT2D eigenvalue weighted by atomic mass is 10.1. The average molecular weight is 364 g/mol. The van der Waals surface area contributed by atoms with Crippen molar-refractivity contribution in [2.24, 2.45) is 0 Å². The molecule has 0 aliphatic carbocycles. The van der Waals surface area contributed by atoms with Crippen molar-refractivity contribution >= 4 is 11.9 Å². The van der Waals surface area contributed by atoms with E-state index in [9.17, 15) is 9.59 Å². The van der Waals surface area contributed by atoms with E-state index in [1.807, 2.05) is 42.5 Å². The molecule has 138 valence electrons. The van der Waals surface area contributed by atoms with Gasteiger partial charge in [-0.1, -0.05) is 42.5 Å². The fourth-order valence-electron chi connectivity index (χ4n) is 2.51. The van der Waals surface area contributed by atoms with Gasteiger partial charge in [0, 0.05) is 13.6 Å². The molecular weight excluding hydrogens is 344 g/mol. The molecule has 1 amide bonds. The Labute approximate surface area is 157 Å². The van der Waals surface area contributed by atoms with Crippen LogP contribution < -0.4 is 0 Å².